The van der Waals surface area contributed by atoms with Crippen molar-refractivity contribution in [2.45, 2.75) is 41.2 Å². The number of aryl methyl sites for hydroxylation is 2. The molecule has 2 aromatic heterocycles. The lowest BCUT2D eigenvalue weighted by atomic mass is 9.91. The summed E-state index contributed by atoms with van der Waals surface area (Å²) in [5.41, 5.74) is 0.396. The van der Waals surface area contributed by atoms with Gasteiger partial charge in [-0.05, 0) is 19.4 Å². The lowest BCUT2D eigenvalue weighted by molar-refractivity contribution is -0.126. The van der Waals surface area contributed by atoms with Gasteiger partial charge in [-0.1, -0.05) is 20.8 Å². The van der Waals surface area contributed by atoms with Gasteiger partial charge in [0.15, 0.2) is 5.78 Å². The highest BCUT2D eigenvalue weighted by molar-refractivity contribution is 7.18. The largest absolute Gasteiger partial charge is 0.297 e. The number of aromatic nitrogens is 2. The number of rotatable bonds is 2. The smallest absolute Gasteiger partial charge is 0.262 e. The summed E-state index contributed by atoms with van der Waals surface area (Å²) in [7, 11) is 0. The minimum Gasteiger partial charge on any atom is -0.297 e. The molecule has 0 atom stereocenters. The van der Waals surface area contributed by atoms with Crippen molar-refractivity contribution in [2.75, 3.05) is 0 Å². The first-order valence-electron chi connectivity index (χ1n) is 6.20. The highest BCUT2D eigenvalue weighted by atomic mass is 32.1. The summed E-state index contributed by atoms with van der Waals surface area (Å²) in [6.07, 6.45) is 1.48. The summed E-state index contributed by atoms with van der Waals surface area (Å²) in [6.45, 7) is 9.55. The van der Waals surface area contributed by atoms with E-state index >= 15 is 0 Å². The molecular weight excluding hydrogens is 260 g/mol. The van der Waals surface area contributed by atoms with Crippen LogP contribution in [0.2, 0.25) is 0 Å². The van der Waals surface area contributed by atoms with Crippen LogP contribution in [0.4, 0.5) is 0 Å². The van der Waals surface area contributed by atoms with Gasteiger partial charge in [-0.15, -0.1) is 11.3 Å². The molecule has 0 radical (unpaired) electrons. The van der Waals surface area contributed by atoms with E-state index in [1.165, 1.54) is 22.2 Å². The van der Waals surface area contributed by atoms with E-state index in [0.717, 1.165) is 15.3 Å². The Kier molecular flexibility index (Phi) is 3.34. The molecule has 2 aromatic rings. The summed E-state index contributed by atoms with van der Waals surface area (Å²) >= 11 is 1.52. The molecule has 0 aliphatic carbocycles. The minimum atomic E-state index is -0.450. The van der Waals surface area contributed by atoms with Crippen molar-refractivity contribution in [3.05, 3.63) is 27.1 Å². The molecule has 0 amide bonds. The molecule has 0 bridgehead atoms. The Morgan fingerprint density at radius 2 is 2.00 bits per heavy atom. The van der Waals surface area contributed by atoms with E-state index in [2.05, 4.69) is 4.98 Å². The van der Waals surface area contributed by atoms with Crippen LogP contribution in [0.25, 0.3) is 10.2 Å². The van der Waals surface area contributed by atoms with E-state index in [-0.39, 0.29) is 17.9 Å². The van der Waals surface area contributed by atoms with Crippen LogP contribution in [0, 0.1) is 19.3 Å². The van der Waals surface area contributed by atoms with Gasteiger partial charge in [-0.2, -0.15) is 0 Å². The average Bonchev–Trinajstić information content (AvgIpc) is 2.58. The maximum Gasteiger partial charge on any atom is 0.262 e. The van der Waals surface area contributed by atoms with Crippen LogP contribution >= 0.6 is 11.3 Å². The van der Waals surface area contributed by atoms with Crippen molar-refractivity contribution in [2.24, 2.45) is 5.41 Å². The summed E-state index contributed by atoms with van der Waals surface area (Å²) in [5, 5.41) is 0.645. The van der Waals surface area contributed by atoms with Crippen molar-refractivity contribution in [1.29, 1.82) is 0 Å². The molecule has 0 fully saturated rings. The molecule has 0 unspecified atom stereocenters. The number of hydrogen-bond donors (Lipinski definition) is 0. The van der Waals surface area contributed by atoms with E-state index in [1.807, 2.05) is 34.6 Å². The van der Waals surface area contributed by atoms with Gasteiger partial charge in [0.1, 0.15) is 4.83 Å². The van der Waals surface area contributed by atoms with E-state index in [1.54, 1.807) is 0 Å². The number of Topliss-reactive ketones (excluding diaryl/α,β-unsaturated/α-hetero) is 1. The molecule has 0 aliphatic heterocycles. The van der Waals surface area contributed by atoms with Crippen LogP contribution in [0.5, 0.6) is 0 Å². The van der Waals surface area contributed by atoms with E-state index < -0.39 is 5.41 Å². The third-order valence-corrected chi connectivity index (χ3v) is 4.42. The third-order valence-electron chi connectivity index (χ3n) is 3.31. The first-order chi connectivity index (χ1) is 8.71. The van der Waals surface area contributed by atoms with Crippen LogP contribution in [0.1, 0.15) is 31.2 Å². The fourth-order valence-electron chi connectivity index (χ4n) is 1.77. The fraction of sp³-hybridized carbons (Fsp3) is 0.500. The molecule has 2 rings (SSSR count). The average molecular weight is 278 g/mol. The SMILES string of the molecule is Cc1sc2ncn(CC(=O)C(C)(C)C)c(=O)c2c1C. The molecule has 0 saturated carbocycles. The van der Waals surface area contributed by atoms with E-state index in [9.17, 15) is 9.59 Å². The van der Waals surface area contributed by atoms with Gasteiger partial charge in [-0.3, -0.25) is 14.2 Å². The zero-order chi connectivity index (χ0) is 14.4. The lowest BCUT2D eigenvalue weighted by Crippen LogP contribution is -2.30. The second-order valence-electron chi connectivity index (χ2n) is 5.81. The number of carbonyl (C=O) groups is 1. The number of ketones is 1. The molecule has 0 N–H and O–H groups in total. The number of thiophene rings is 1. The van der Waals surface area contributed by atoms with E-state index in [0.29, 0.717) is 5.39 Å². The Labute approximate surface area is 116 Å². The molecule has 0 aromatic carbocycles. The number of hydrogen-bond acceptors (Lipinski definition) is 4. The lowest BCUT2D eigenvalue weighted by Gasteiger charge is -2.17. The third kappa shape index (κ3) is 2.47. The topological polar surface area (TPSA) is 52.0 Å². The Balaban J connectivity index is 2.52. The standard InChI is InChI=1S/C14H18N2O2S/c1-8-9(2)19-12-11(8)13(18)16(7-15-12)6-10(17)14(3,4)5/h7H,6H2,1-5H3. The zero-order valence-electron chi connectivity index (χ0n) is 11.9. The van der Waals surface area contributed by atoms with Gasteiger partial charge in [-0.25, -0.2) is 4.98 Å². The van der Waals surface area contributed by atoms with Crippen molar-refractivity contribution in [3.8, 4) is 0 Å². The van der Waals surface area contributed by atoms with Gasteiger partial charge < -0.3 is 0 Å². The summed E-state index contributed by atoms with van der Waals surface area (Å²) in [5.74, 6) is 0.0281. The molecule has 2 heterocycles. The summed E-state index contributed by atoms with van der Waals surface area (Å²) < 4.78 is 1.41. The van der Waals surface area contributed by atoms with Gasteiger partial charge >= 0.3 is 0 Å². The molecule has 0 aliphatic rings. The molecule has 0 saturated heterocycles. The molecular formula is C14H18N2O2S. The molecule has 5 heteroatoms. The maximum atomic E-state index is 12.4. The molecule has 102 valence electrons. The fourth-order valence-corrected chi connectivity index (χ4v) is 2.76. The van der Waals surface area contributed by atoms with Gasteiger partial charge in [0.25, 0.3) is 5.56 Å². The van der Waals surface area contributed by atoms with Gasteiger partial charge in [0.2, 0.25) is 0 Å². The minimum absolute atomic E-state index is 0.0281. The number of fused-ring (bicyclic) bond motifs is 1. The Morgan fingerprint density at radius 1 is 1.37 bits per heavy atom. The van der Waals surface area contributed by atoms with Gasteiger partial charge in [0.05, 0.1) is 18.3 Å². The number of nitrogens with zero attached hydrogens (tertiary/aromatic N) is 2. The first kappa shape index (κ1) is 13.9. The van der Waals surface area contributed by atoms with Crippen LogP contribution in [0.15, 0.2) is 11.1 Å². The van der Waals surface area contributed by atoms with Crippen LogP contribution in [-0.2, 0) is 11.3 Å². The Morgan fingerprint density at radius 3 is 2.58 bits per heavy atom. The normalized spacial score (nSPS) is 12.1. The Hall–Kier alpha value is -1.49. The van der Waals surface area contributed by atoms with E-state index in [4.69, 9.17) is 0 Å². The van der Waals surface area contributed by atoms with Crippen molar-refractivity contribution in [3.63, 3.8) is 0 Å². The quantitative estimate of drug-likeness (QED) is 0.848. The monoisotopic (exact) mass is 278 g/mol. The predicted molar refractivity (Wildman–Crippen MR) is 77.8 cm³/mol. The Bertz CT molecular complexity index is 705. The van der Waals surface area contributed by atoms with Crippen LogP contribution < -0.4 is 5.56 Å². The van der Waals surface area contributed by atoms with Crippen LogP contribution in [-0.4, -0.2) is 15.3 Å². The van der Waals surface area contributed by atoms with Crippen LogP contribution in [0.3, 0.4) is 0 Å². The highest BCUT2D eigenvalue weighted by Crippen LogP contribution is 2.25. The van der Waals surface area contributed by atoms with Crippen molar-refractivity contribution >= 4 is 27.3 Å². The van der Waals surface area contributed by atoms with Crippen molar-refractivity contribution in [1.82, 2.24) is 9.55 Å². The second kappa shape index (κ2) is 4.56. The second-order valence-corrected chi connectivity index (χ2v) is 7.02. The predicted octanol–water partition coefficient (Wildman–Crippen LogP) is 2.69. The highest BCUT2D eigenvalue weighted by Gasteiger charge is 2.22. The summed E-state index contributed by atoms with van der Waals surface area (Å²) in [4.78, 5) is 30.6. The summed E-state index contributed by atoms with van der Waals surface area (Å²) in [6, 6.07) is 0. The van der Waals surface area contributed by atoms with Crippen molar-refractivity contribution < 1.29 is 4.79 Å². The first-order valence-corrected chi connectivity index (χ1v) is 7.02. The molecule has 19 heavy (non-hydrogen) atoms. The number of carbonyl (C=O) groups excluding carboxylic acids is 1. The molecule has 0 spiro atoms. The maximum absolute atomic E-state index is 12.4. The molecule has 4 nitrogen and oxygen atoms in total. The van der Waals surface area contributed by atoms with Gasteiger partial charge in [0, 0.05) is 10.3 Å². The zero-order valence-corrected chi connectivity index (χ0v) is 12.7.